The maximum atomic E-state index is 10.8. The second-order valence-electron chi connectivity index (χ2n) is 4.24. The molecule has 0 aliphatic rings. The number of hydrogen-bond donors (Lipinski definition) is 2. The molecular weight excluding hydrogens is 248 g/mol. The zero-order chi connectivity index (χ0) is 13.8. The highest BCUT2D eigenvalue weighted by molar-refractivity contribution is 5.92. The van der Waals surface area contributed by atoms with Gasteiger partial charge in [-0.1, -0.05) is 5.21 Å². The smallest absolute Gasteiger partial charge is 0.335 e. The van der Waals surface area contributed by atoms with Crippen molar-refractivity contribution in [3.05, 3.63) is 23.8 Å². The minimum absolute atomic E-state index is 0.188. The van der Waals surface area contributed by atoms with Crippen molar-refractivity contribution in [2.24, 2.45) is 5.73 Å². The van der Waals surface area contributed by atoms with E-state index in [9.17, 15) is 9.59 Å². The molecule has 1 amide bonds. The molecule has 0 spiro atoms. The standard InChI is InChI=1S/C12H14N4O3/c13-11(17)3-1-2-6-16-10-5-4-8(12(18)19)7-9(10)14-15-16/h4-5,7H,1-3,6H2,(H2,13,17)(H,18,19). The van der Waals surface area contributed by atoms with Crippen molar-refractivity contribution >= 4 is 22.9 Å². The Morgan fingerprint density at radius 1 is 1.32 bits per heavy atom. The molecule has 0 bridgehead atoms. The summed E-state index contributed by atoms with van der Waals surface area (Å²) in [7, 11) is 0. The van der Waals surface area contributed by atoms with Gasteiger partial charge in [-0.15, -0.1) is 5.10 Å². The average Bonchev–Trinajstić information content (AvgIpc) is 2.76. The fourth-order valence-corrected chi connectivity index (χ4v) is 1.83. The van der Waals surface area contributed by atoms with Crippen LogP contribution in [0.5, 0.6) is 0 Å². The van der Waals surface area contributed by atoms with Crippen molar-refractivity contribution in [2.45, 2.75) is 25.8 Å². The SMILES string of the molecule is NC(=O)CCCCn1nnc2cc(C(=O)O)ccc21. The normalized spacial score (nSPS) is 10.7. The summed E-state index contributed by atoms with van der Waals surface area (Å²) < 4.78 is 1.70. The molecule has 2 aromatic rings. The first-order valence-electron chi connectivity index (χ1n) is 5.93. The van der Waals surface area contributed by atoms with Crippen LogP contribution >= 0.6 is 0 Å². The monoisotopic (exact) mass is 262 g/mol. The van der Waals surface area contributed by atoms with E-state index in [1.165, 1.54) is 12.1 Å². The Bertz CT molecular complexity index is 620. The van der Waals surface area contributed by atoms with Crippen LogP contribution < -0.4 is 5.73 Å². The van der Waals surface area contributed by atoms with Crippen molar-refractivity contribution in [2.75, 3.05) is 0 Å². The summed E-state index contributed by atoms with van der Waals surface area (Å²) in [5.41, 5.74) is 6.58. The highest BCUT2D eigenvalue weighted by Gasteiger charge is 2.08. The first-order chi connectivity index (χ1) is 9.08. The van der Waals surface area contributed by atoms with Gasteiger partial charge in [-0.25, -0.2) is 9.48 Å². The van der Waals surface area contributed by atoms with E-state index in [-0.39, 0.29) is 11.5 Å². The summed E-state index contributed by atoms with van der Waals surface area (Å²) in [6.45, 7) is 0.621. The largest absolute Gasteiger partial charge is 0.478 e. The van der Waals surface area contributed by atoms with E-state index in [1.54, 1.807) is 10.7 Å². The van der Waals surface area contributed by atoms with Crippen LogP contribution in [0.25, 0.3) is 11.0 Å². The minimum Gasteiger partial charge on any atom is -0.478 e. The van der Waals surface area contributed by atoms with E-state index >= 15 is 0 Å². The molecule has 0 saturated carbocycles. The molecule has 0 aliphatic heterocycles. The predicted molar refractivity (Wildman–Crippen MR) is 67.5 cm³/mol. The lowest BCUT2D eigenvalue weighted by molar-refractivity contribution is -0.118. The van der Waals surface area contributed by atoms with Gasteiger partial charge in [-0.2, -0.15) is 0 Å². The molecule has 19 heavy (non-hydrogen) atoms. The van der Waals surface area contributed by atoms with Gasteiger partial charge in [0.2, 0.25) is 5.91 Å². The lowest BCUT2D eigenvalue weighted by atomic mass is 10.2. The van der Waals surface area contributed by atoms with Gasteiger partial charge in [0.05, 0.1) is 11.1 Å². The number of aromatic carboxylic acids is 1. The Balaban J connectivity index is 2.08. The summed E-state index contributed by atoms with van der Waals surface area (Å²) in [6.07, 6.45) is 1.82. The number of nitrogens with two attached hydrogens (primary N) is 1. The predicted octanol–water partition coefficient (Wildman–Crippen LogP) is 0.785. The number of carboxylic acid groups (broad SMARTS) is 1. The summed E-state index contributed by atoms with van der Waals surface area (Å²) >= 11 is 0. The van der Waals surface area contributed by atoms with Crippen LogP contribution in [0.4, 0.5) is 0 Å². The molecule has 7 heteroatoms. The average molecular weight is 262 g/mol. The van der Waals surface area contributed by atoms with Crippen molar-refractivity contribution in [1.29, 1.82) is 0 Å². The highest BCUT2D eigenvalue weighted by Crippen LogP contribution is 2.14. The number of carbonyl (C=O) groups is 2. The Morgan fingerprint density at radius 3 is 2.79 bits per heavy atom. The lowest BCUT2D eigenvalue weighted by Crippen LogP contribution is -2.10. The Morgan fingerprint density at radius 2 is 2.11 bits per heavy atom. The lowest BCUT2D eigenvalue weighted by Gasteiger charge is -2.01. The number of aromatic nitrogens is 3. The summed E-state index contributed by atoms with van der Waals surface area (Å²) in [6, 6.07) is 4.70. The summed E-state index contributed by atoms with van der Waals surface area (Å²) in [4.78, 5) is 21.4. The third kappa shape index (κ3) is 3.06. The fourth-order valence-electron chi connectivity index (χ4n) is 1.83. The van der Waals surface area contributed by atoms with Crippen molar-refractivity contribution in [3.63, 3.8) is 0 Å². The van der Waals surface area contributed by atoms with Gasteiger partial charge >= 0.3 is 5.97 Å². The van der Waals surface area contributed by atoms with Gasteiger partial charge < -0.3 is 10.8 Å². The van der Waals surface area contributed by atoms with Crippen LogP contribution in [0.1, 0.15) is 29.6 Å². The molecule has 7 nitrogen and oxygen atoms in total. The van der Waals surface area contributed by atoms with Crippen LogP contribution in [0.2, 0.25) is 0 Å². The Hall–Kier alpha value is -2.44. The van der Waals surface area contributed by atoms with Crippen LogP contribution in [0.3, 0.4) is 0 Å². The molecule has 2 rings (SSSR count). The number of hydrogen-bond acceptors (Lipinski definition) is 4. The summed E-state index contributed by atoms with van der Waals surface area (Å²) in [5, 5.41) is 16.8. The van der Waals surface area contributed by atoms with E-state index in [0.717, 1.165) is 11.9 Å². The molecular formula is C12H14N4O3. The molecule has 0 atom stereocenters. The van der Waals surface area contributed by atoms with E-state index in [4.69, 9.17) is 10.8 Å². The molecule has 0 unspecified atom stereocenters. The Labute approximate surface area is 109 Å². The second kappa shape index (κ2) is 5.47. The van der Waals surface area contributed by atoms with E-state index in [2.05, 4.69) is 10.3 Å². The number of rotatable bonds is 6. The zero-order valence-corrected chi connectivity index (χ0v) is 10.2. The van der Waals surface area contributed by atoms with E-state index < -0.39 is 5.97 Å². The number of benzene rings is 1. The molecule has 0 fully saturated rings. The minimum atomic E-state index is -0.988. The molecule has 3 N–H and O–H groups in total. The number of carbonyl (C=O) groups excluding carboxylic acids is 1. The molecule has 1 aromatic heterocycles. The van der Waals surface area contributed by atoms with Crippen molar-refractivity contribution < 1.29 is 14.7 Å². The van der Waals surface area contributed by atoms with Gasteiger partial charge in [-0.05, 0) is 31.0 Å². The van der Waals surface area contributed by atoms with Gasteiger partial charge in [-0.3, -0.25) is 4.79 Å². The molecule has 0 aliphatic carbocycles. The third-order valence-electron chi connectivity index (χ3n) is 2.80. The quantitative estimate of drug-likeness (QED) is 0.747. The number of carboxylic acids is 1. The van der Waals surface area contributed by atoms with Gasteiger partial charge in [0.1, 0.15) is 5.52 Å². The van der Waals surface area contributed by atoms with Crippen LogP contribution in [0, 0.1) is 0 Å². The Kier molecular flexibility index (Phi) is 3.74. The van der Waals surface area contributed by atoms with Crippen molar-refractivity contribution in [1.82, 2.24) is 15.0 Å². The highest BCUT2D eigenvalue weighted by atomic mass is 16.4. The molecule has 0 saturated heterocycles. The third-order valence-corrected chi connectivity index (χ3v) is 2.80. The molecule has 1 heterocycles. The second-order valence-corrected chi connectivity index (χ2v) is 4.24. The topological polar surface area (TPSA) is 111 Å². The molecule has 100 valence electrons. The molecule has 0 radical (unpaired) electrons. The number of primary amides is 1. The first kappa shape index (κ1) is 13.0. The summed E-state index contributed by atoms with van der Waals surface area (Å²) in [5.74, 6) is -1.30. The fraction of sp³-hybridized carbons (Fsp3) is 0.333. The number of nitrogens with zero attached hydrogens (tertiary/aromatic N) is 3. The molecule has 1 aromatic carbocycles. The van der Waals surface area contributed by atoms with Crippen LogP contribution in [-0.2, 0) is 11.3 Å². The number of amides is 1. The van der Waals surface area contributed by atoms with Crippen LogP contribution in [0.15, 0.2) is 18.2 Å². The maximum absolute atomic E-state index is 10.8. The number of unbranched alkanes of at least 4 members (excludes halogenated alkanes) is 1. The number of fused-ring (bicyclic) bond motifs is 1. The van der Waals surface area contributed by atoms with E-state index in [1.807, 2.05) is 0 Å². The van der Waals surface area contributed by atoms with Gasteiger partial charge in [0.25, 0.3) is 0 Å². The van der Waals surface area contributed by atoms with Crippen molar-refractivity contribution in [3.8, 4) is 0 Å². The number of aryl methyl sites for hydroxylation is 1. The maximum Gasteiger partial charge on any atom is 0.335 e. The zero-order valence-electron chi connectivity index (χ0n) is 10.2. The van der Waals surface area contributed by atoms with E-state index in [0.29, 0.717) is 24.9 Å². The van der Waals surface area contributed by atoms with Crippen LogP contribution in [-0.4, -0.2) is 32.0 Å². The van der Waals surface area contributed by atoms with Gasteiger partial charge in [0.15, 0.2) is 0 Å². The van der Waals surface area contributed by atoms with Gasteiger partial charge in [0, 0.05) is 13.0 Å². The first-order valence-corrected chi connectivity index (χ1v) is 5.93.